The lowest BCUT2D eigenvalue weighted by Crippen LogP contribution is -2.25. The third-order valence-electron chi connectivity index (χ3n) is 4.55. The summed E-state index contributed by atoms with van der Waals surface area (Å²) in [7, 11) is 0. The molecule has 3 heterocycles. The summed E-state index contributed by atoms with van der Waals surface area (Å²) >= 11 is 0. The first-order chi connectivity index (χ1) is 12.5. The van der Waals surface area contributed by atoms with Crippen molar-refractivity contribution < 1.29 is 28.4 Å². The van der Waals surface area contributed by atoms with Gasteiger partial charge in [-0.1, -0.05) is 22.3 Å². The fraction of sp³-hybridized carbons (Fsp3) is 1.00. The van der Waals surface area contributed by atoms with Gasteiger partial charge in [0.15, 0.2) is 0 Å². The highest BCUT2D eigenvalue weighted by atomic mass is 16.7. The van der Waals surface area contributed by atoms with Crippen LogP contribution in [0.4, 0.5) is 0 Å². The lowest BCUT2D eigenvalue weighted by molar-refractivity contribution is -0.101. The SMILES string of the molecule is C.C.C.C1COC(COCOCC2CCCO2)C1.CC(C)(C)OCC1CCCO1. The summed E-state index contributed by atoms with van der Waals surface area (Å²) in [5.41, 5.74) is -0.0219. The molecule has 178 valence electrons. The van der Waals surface area contributed by atoms with Crippen LogP contribution in [0.15, 0.2) is 0 Å². The standard InChI is InChI=1S/C11H20O4.C9H18O2.3CH4/c1-3-10(14-5-1)7-12-9-13-8-11-4-2-6-15-11;1-9(2,3)11-7-8-5-4-6-10-8;;;/h10-11H,1-9H2;8H,4-7H2,1-3H3;3*1H4. The van der Waals surface area contributed by atoms with Crippen molar-refractivity contribution in [2.75, 3.05) is 46.4 Å². The second-order valence-corrected chi connectivity index (χ2v) is 8.19. The molecule has 0 spiro atoms. The molecule has 0 bridgehead atoms. The summed E-state index contributed by atoms with van der Waals surface area (Å²) in [6, 6.07) is 0. The van der Waals surface area contributed by atoms with Crippen LogP contribution in [0.25, 0.3) is 0 Å². The zero-order valence-electron chi connectivity index (χ0n) is 16.9. The van der Waals surface area contributed by atoms with E-state index in [2.05, 4.69) is 20.8 Å². The first-order valence-corrected chi connectivity index (χ1v) is 10.2. The number of hydrogen-bond acceptors (Lipinski definition) is 6. The van der Waals surface area contributed by atoms with Crippen LogP contribution in [-0.4, -0.2) is 70.3 Å². The molecule has 0 aliphatic carbocycles. The second-order valence-electron chi connectivity index (χ2n) is 8.19. The number of rotatable bonds is 8. The Kier molecular flexibility index (Phi) is 18.6. The van der Waals surface area contributed by atoms with Crippen molar-refractivity contribution in [2.45, 2.75) is 105 Å². The Hall–Kier alpha value is -0.240. The van der Waals surface area contributed by atoms with Crippen molar-refractivity contribution in [2.24, 2.45) is 0 Å². The third kappa shape index (κ3) is 15.2. The summed E-state index contributed by atoms with van der Waals surface area (Å²) in [6.45, 7) is 11.3. The molecule has 0 radical (unpaired) electrons. The van der Waals surface area contributed by atoms with Crippen LogP contribution in [0.1, 0.15) is 81.6 Å². The Labute approximate surface area is 180 Å². The van der Waals surface area contributed by atoms with Gasteiger partial charge < -0.3 is 28.4 Å². The van der Waals surface area contributed by atoms with Gasteiger partial charge in [0.05, 0.1) is 43.7 Å². The molecule has 29 heavy (non-hydrogen) atoms. The zero-order chi connectivity index (χ0) is 18.7. The van der Waals surface area contributed by atoms with E-state index in [1.54, 1.807) is 0 Å². The van der Waals surface area contributed by atoms with E-state index in [1.807, 2.05) is 0 Å². The van der Waals surface area contributed by atoms with E-state index >= 15 is 0 Å². The second kappa shape index (κ2) is 17.4. The first-order valence-electron chi connectivity index (χ1n) is 10.2. The van der Waals surface area contributed by atoms with E-state index in [0.29, 0.717) is 26.1 Å². The molecule has 3 fully saturated rings. The Bertz CT molecular complexity index is 322. The molecule has 0 saturated carbocycles. The lowest BCUT2D eigenvalue weighted by Gasteiger charge is -2.21. The molecule has 3 aliphatic heterocycles. The summed E-state index contributed by atoms with van der Waals surface area (Å²) in [5.74, 6) is 0. The van der Waals surface area contributed by atoms with Gasteiger partial charge in [-0.2, -0.15) is 0 Å². The number of ether oxygens (including phenoxy) is 6. The molecule has 3 aliphatic rings. The molecule has 0 aromatic rings. The summed E-state index contributed by atoms with van der Waals surface area (Å²) in [4.78, 5) is 0. The van der Waals surface area contributed by atoms with Crippen LogP contribution in [0.5, 0.6) is 0 Å². The highest BCUT2D eigenvalue weighted by Gasteiger charge is 2.19. The Balaban J connectivity index is 0. The molecule has 3 atom stereocenters. The van der Waals surface area contributed by atoms with Gasteiger partial charge in [0.2, 0.25) is 0 Å². The molecule has 0 amide bonds. The minimum Gasteiger partial charge on any atom is -0.376 e. The summed E-state index contributed by atoms with van der Waals surface area (Å²) in [6.07, 6.45) is 7.84. The fourth-order valence-corrected chi connectivity index (χ4v) is 3.09. The van der Waals surface area contributed by atoms with Crippen LogP contribution >= 0.6 is 0 Å². The molecular weight excluding hydrogens is 372 g/mol. The van der Waals surface area contributed by atoms with Gasteiger partial charge in [-0.25, -0.2) is 0 Å². The maximum absolute atomic E-state index is 5.59. The number of hydrogen-bond donors (Lipinski definition) is 0. The predicted molar refractivity (Wildman–Crippen MR) is 120 cm³/mol. The minimum absolute atomic E-state index is 0. The molecular formula is C23H50O6. The van der Waals surface area contributed by atoms with Crippen molar-refractivity contribution in [3.8, 4) is 0 Å². The van der Waals surface area contributed by atoms with E-state index in [9.17, 15) is 0 Å². The topological polar surface area (TPSA) is 55.4 Å². The fourth-order valence-electron chi connectivity index (χ4n) is 3.09. The van der Waals surface area contributed by atoms with Crippen molar-refractivity contribution in [3.63, 3.8) is 0 Å². The Morgan fingerprint density at radius 3 is 1.34 bits per heavy atom. The molecule has 0 aromatic heterocycles. The molecule has 3 unspecified atom stereocenters. The van der Waals surface area contributed by atoms with E-state index in [4.69, 9.17) is 28.4 Å². The highest BCUT2D eigenvalue weighted by molar-refractivity contribution is 4.67. The average molecular weight is 423 g/mol. The van der Waals surface area contributed by atoms with E-state index in [0.717, 1.165) is 58.5 Å². The van der Waals surface area contributed by atoms with Crippen molar-refractivity contribution in [1.29, 1.82) is 0 Å². The van der Waals surface area contributed by atoms with Crippen LogP contribution in [0.3, 0.4) is 0 Å². The van der Waals surface area contributed by atoms with E-state index in [1.165, 1.54) is 6.42 Å². The molecule has 3 saturated heterocycles. The smallest absolute Gasteiger partial charge is 0.146 e. The molecule has 6 heteroatoms. The summed E-state index contributed by atoms with van der Waals surface area (Å²) < 4.78 is 32.6. The van der Waals surface area contributed by atoms with E-state index in [-0.39, 0.29) is 40.1 Å². The average Bonchev–Trinajstić information content (AvgIpc) is 3.35. The van der Waals surface area contributed by atoms with Crippen molar-refractivity contribution in [1.82, 2.24) is 0 Å². The van der Waals surface area contributed by atoms with Gasteiger partial charge in [-0.15, -0.1) is 0 Å². The third-order valence-corrected chi connectivity index (χ3v) is 4.55. The van der Waals surface area contributed by atoms with Gasteiger partial charge in [-0.05, 0) is 59.3 Å². The monoisotopic (exact) mass is 422 g/mol. The van der Waals surface area contributed by atoms with Gasteiger partial charge in [0.25, 0.3) is 0 Å². The Morgan fingerprint density at radius 2 is 1.03 bits per heavy atom. The lowest BCUT2D eigenvalue weighted by atomic mass is 10.2. The van der Waals surface area contributed by atoms with Crippen molar-refractivity contribution >= 4 is 0 Å². The predicted octanol–water partition coefficient (Wildman–Crippen LogP) is 5.22. The van der Waals surface area contributed by atoms with Gasteiger partial charge in [0, 0.05) is 19.8 Å². The maximum Gasteiger partial charge on any atom is 0.146 e. The molecule has 0 aromatic carbocycles. The largest absolute Gasteiger partial charge is 0.376 e. The molecule has 0 N–H and O–H groups in total. The van der Waals surface area contributed by atoms with Crippen molar-refractivity contribution in [3.05, 3.63) is 0 Å². The van der Waals surface area contributed by atoms with Gasteiger partial charge in [-0.3, -0.25) is 0 Å². The quantitative estimate of drug-likeness (QED) is 0.395. The van der Waals surface area contributed by atoms with Crippen LogP contribution < -0.4 is 0 Å². The van der Waals surface area contributed by atoms with Crippen LogP contribution in [0.2, 0.25) is 0 Å². The van der Waals surface area contributed by atoms with Gasteiger partial charge in [0.1, 0.15) is 6.79 Å². The molecule has 3 rings (SSSR count). The minimum atomic E-state index is -0.0219. The van der Waals surface area contributed by atoms with Gasteiger partial charge >= 0.3 is 0 Å². The molecule has 6 nitrogen and oxygen atoms in total. The van der Waals surface area contributed by atoms with Crippen LogP contribution in [-0.2, 0) is 28.4 Å². The first kappa shape index (κ1) is 30.9. The Morgan fingerprint density at radius 1 is 0.655 bits per heavy atom. The van der Waals surface area contributed by atoms with E-state index < -0.39 is 0 Å². The maximum atomic E-state index is 5.59. The zero-order valence-corrected chi connectivity index (χ0v) is 16.9. The highest BCUT2D eigenvalue weighted by Crippen LogP contribution is 2.16. The summed E-state index contributed by atoms with van der Waals surface area (Å²) in [5, 5.41) is 0. The normalized spacial score (nSPS) is 26.0. The van der Waals surface area contributed by atoms with Crippen LogP contribution in [0, 0.1) is 0 Å².